The second-order valence-corrected chi connectivity index (χ2v) is 4.81. The third-order valence-corrected chi connectivity index (χ3v) is 2.44. The lowest BCUT2D eigenvalue weighted by Crippen LogP contribution is -2.47. The largest absolute Gasteiger partial charge is 0.465 e. The number of hydrogen-bond donors (Lipinski definition) is 1. The number of carbonyl (C=O) groups excluding carboxylic acids is 2. The number of amides is 1. The van der Waals surface area contributed by atoms with Crippen LogP contribution in [0.4, 0.5) is 0 Å². The molecular formula is C13H26N2O3. The van der Waals surface area contributed by atoms with Gasteiger partial charge in [-0.1, -0.05) is 27.2 Å². The SMILES string of the molecule is CCCC(N)C(=O)N(CC(=O)OCC)CC(C)C. The second-order valence-electron chi connectivity index (χ2n) is 4.81. The molecule has 0 bridgehead atoms. The average molecular weight is 258 g/mol. The molecule has 1 atom stereocenters. The maximum absolute atomic E-state index is 12.1. The van der Waals surface area contributed by atoms with Crippen molar-refractivity contribution >= 4 is 11.9 Å². The zero-order valence-corrected chi connectivity index (χ0v) is 11.9. The van der Waals surface area contributed by atoms with E-state index in [1.165, 1.54) is 4.90 Å². The van der Waals surface area contributed by atoms with Crippen LogP contribution in [0, 0.1) is 5.92 Å². The molecule has 0 aliphatic heterocycles. The van der Waals surface area contributed by atoms with Gasteiger partial charge < -0.3 is 15.4 Å². The van der Waals surface area contributed by atoms with Gasteiger partial charge in [0.05, 0.1) is 12.6 Å². The fourth-order valence-corrected chi connectivity index (χ4v) is 1.70. The van der Waals surface area contributed by atoms with Crippen LogP contribution in [0.1, 0.15) is 40.5 Å². The molecule has 0 aliphatic rings. The van der Waals surface area contributed by atoms with Crippen molar-refractivity contribution in [2.75, 3.05) is 19.7 Å². The molecule has 106 valence electrons. The molecule has 1 unspecified atom stereocenters. The summed E-state index contributed by atoms with van der Waals surface area (Å²) in [5.41, 5.74) is 5.81. The number of carbonyl (C=O) groups is 2. The molecule has 0 heterocycles. The van der Waals surface area contributed by atoms with Gasteiger partial charge >= 0.3 is 5.97 Å². The monoisotopic (exact) mass is 258 g/mol. The molecule has 0 saturated carbocycles. The molecule has 0 aliphatic carbocycles. The van der Waals surface area contributed by atoms with E-state index in [0.717, 1.165) is 6.42 Å². The first-order valence-electron chi connectivity index (χ1n) is 6.62. The van der Waals surface area contributed by atoms with Crippen LogP contribution in [-0.4, -0.2) is 42.5 Å². The Balaban J connectivity index is 4.55. The molecule has 0 radical (unpaired) electrons. The lowest BCUT2D eigenvalue weighted by molar-refractivity contribution is -0.149. The van der Waals surface area contributed by atoms with Gasteiger partial charge in [0.2, 0.25) is 5.91 Å². The normalized spacial score (nSPS) is 12.3. The Morgan fingerprint density at radius 2 is 1.89 bits per heavy atom. The molecule has 5 heteroatoms. The predicted octanol–water partition coefficient (Wildman–Crippen LogP) is 1.16. The first-order chi connectivity index (χ1) is 8.42. The van der Waals surface area contributed by atoms with Crippen LogP contribution < -0.4 is 5.73 Å². The third kappa shape index (κ3) is 6.59. The average Bonchev–Trinajstić information content (AvgIpc) is 2.27. The number of nitrogens with zero attached hydrogens (tertiary/aromatic N) is 1. The highest BCUT2D eigenvalue weighted by Crippen LogP contribution is 2.05. The van der Waals surface area contributed by atoms with Crippen LogP contribution in [-0.2, 0) is 14.3 Å². The molecule has 0 spiro atoms. The minimum absolute atomic E-state index is 0.0116. The lowest BCUT2D eigenvalue weighted by Gasteiger charge is -2.26. The Bertz CT molecular complexity index is 267. The number of hydrogen-bond acceptors (Lipinski definition) is 4. The third-order valence-electron chi connectivity index (χ3n) is 2.44. The van der Waals surface area contributed by atoms with Crippen LogP contribution in [0.25, 0.3) is 0 Å². The van der Waals surface area contributed by atoms with Crippen molar-refractivity contribution < 1.29 is 14.3 Å². The zero-order chi connectivity index (χ0) is 14.1. The van der Waals surface area contributed by atoms with Crippen molar-refractivity contribution in [1.82, 2.24) is 4.90 Å². The smallest absolute Gasteiger partial charge is 0.325 e. The van der Waals surface area contributed by atoms with Gasteiger partial charge in [0.25, 0.3) is 0 Å². The Morgan fingerprint density at radius 1 is 1.28 bits per heavy atom. The maximum atomic E-state index is 12.1. The first kappa shape index (κ1) is 16.9. The molecule has 0 saturated heterocycles. The van der Waals surface area contributed by atoms with Crippen molar-refractivity contribution in [3.63, 3.8) is 0 Å². The van der Waals surface area contributed by atoms with Gasteiger partial charge in [-0.3, -0.25) is 9.59 Å². The molecule has 1 amide bonds. The van der Waals surface area contributed by atoms with Gasteiger partial charge in [-0.2, -0.15) is 0 Å². The van der Waals surface area contributed by atoms with Crippen LogP contribution >= 0.6 is 0 Å². The van der Waals surface area contributed by atoms with E-state index in [4.69, 9.17) is 10.5 Å². The van der Waals surface area contributed by atoms with Gasteiger partial charge in [0.15, 0.2) is 0 Å². The fraction of sp³-hybridized carbons (Fsp3) is 0.846. The summed E-state index contributed by atoms with van der Waals surface area (Å²) < 4.78 is 4.87. The van der Waals surface area contributed by atoms with E-state index in [1.807, 2.05) is 20.8 Å². The summed E-state index contributed by atoms with van der Waals surface area (Å²) in [4.78, 5) is 25.1. The molecule has 0 aromatic heterocycles. The highest BCUT2D eigenvalue weighted by atomic mass is 16.5. The van der Waals surface area contributed by atoms with Crippen molar-refractivity contribution in [2.45, 2.75) is 46.6 Å². The quantitative estimate of drug-likeness (QED) is 0.663. The van der Waals surface area contributed by atoms with Crippen molar-refractivity contribution in [2.24, 2.45) is 11.7 Å². The molecule has 18 heavy (non-hydrogen) atoms. The molecule has 5 nitrogen and oxygen atoms in total. The van der Waals surface area contributed by atoms with Gasteiger partial charge in [-0.05, 0) is 19.3 Å². The molecule has 0 aromatic rings. The summed E-state index contributed by atoms with van der Waals surface area (Å²) in [5.74, 6) is -0.258. The van der Waals surface area contributed by atoms with Crippen LogP contribution in [0.15, 0.2) is 0 Å². The summed E-state index contributed by atoms with van der Waals surface area (Å²) in [6.45, 7) is 8.55. The Hall–Kier alpha value is -1.10. The van der Waals surface area contributed by atoms with E-state index in [-0.39, 0.29) is 24.3 Å². The summed E-state index contributed by atoms with van der Waals surface area (Å²) in [7, 11) is 0. The summed E-state index contributed by atoms with van der Waals surface area (Å²) in [6, 6.07) is -0.525. The van der Waals surface area contributed by atoms with Crippen molar-refractivity contribution in [3.05, 3.63) is 0 Å². The van der Waals surface area contributed by atoms with Crippen molar-refractivity contribution in [1.29, 1.82) is 0 Å². The maximum Gasteiger partial charge on any atom is 0.325 e. The van der Waals surface area contributed by atoms with E-state index in [0.29, 0.717) is 19.6 Å². The van der Waals surface area contributed by atoms with Gasteiger partial charge in [-0.15, -0.1) is 0 Å². The highest BCUT2D eigenvalue weighted by Gasteiger charge is 2.23. The fourth-order valence-electron chi connectivity index (χ4n) is 1.70. The minimum Gasteiger partial charge on any atom is -0.465 e. The number of rotatable bonds is 8. The molecule has 2 N–H and O–H groups in total. The molecule has 0 aromatic carbocycles. The van der Waals surface area contributed by atoms with Gasteiger partial charge in [-0.25, -0.2) is 0 Å². The second kappa shape index (κ2) is 8.91. The van der Waals surface area contributed by atoms with Gasteiger partial charge in [0.1, 0.15) is 6.54 Å². The Morgan fingerprint density at radius 3 is 2.33 bits per heavy atom. The van der Waals surface area contributed by atoms with Gasteiger partial charge in [0, 0.05) is 6.54 Å². The van der Waals surface area contributed by atoms with Crippen LogP contribution in [0.3, 0.4) is 0 Å². The van der Waals surface area contributed by atoms with Crippen LogP contribution in [0.5, 0.6) is 0 Å². The predicted molar refractivity (Wildman–Crippen MR) is 70.9 cm³/mol. The van der Waals surface area contributed by atoms with E-state index < -0.39 is 6.04 Å². The number of esters is 1. The van der Waals surface area contributed by atoms with E-state index in [1.54, 1.807) is 6.92 Å². The topological polar surface area (TPSA) is 72.6 Å². The molecule has 0 fully saturated rings. The lowest BCUT2D eigenvalue weighted by atomic mass is 10.1. The molecular weight excluding hydrogens is 232 g/mol. The van der Waals surface area contributed by atoms with E-state index in [9.17, 15) is 9.59 Å². The van der Waals surface area contributed by atoms with Crippen LogP contribution in [0.2, 0.25) is 0 Å². The Kier molecular flexibility index (Phi) is 8.37. The Labute approximate surface area is 110 Å². The summed E-state index contributed by atoms with van der Waals surface area (Å²) in [6.07, 6.45) is 1.48. The highest BCUT2D eigenvalue weighted by molar-refractivity contribution is 5.85. The van der Waals surface area contributed by atoms with E-state index >= 15 is 0 Å². The first-order valence-corrected chi connectivity index (χ1v) is 6.62. The number of nitrogens with two attached hydrogens (primary N) is 1. The summed E-state index contributed by atoms with van der Waals surface area (Å²) in [5, 5.41) is 0. The number of ether oxygens (including phenoxy) is 1. The molecule has 0 rings (SSSR count). The summed E-state index contributed by atoms with van der Waals surface area (Å²) >= 11 is 0. The van der Waals surface area contributed by atoms with E-state index in [2.05, 4.69) is 0 Å². The van der Waals surface area contributed by atoms with Crippen molar-refractivity contribution in [3.8, 4) is 0 Å². The minimum atomic E-state index is -0.525. The zero-order valence-electron chi connectivity index (χ0n) is 11.9. The standard InChI is InChI=1S/C13H26N2O3/c1-5-7-11(14)13(17)15(8-10(3)4)9-12(16)18-6-2/h10-11H,5-9,14H2,1-4H3.